The van der Waals surface area contributed by atoms with E-state index in [-0.39, 0.29) is 11.9 Å². The molecule has 1 unspecified atom stereocenters. The average Bonchev–Trinajstić information content (AvgIpc) is 3.43. The smallest absolute Gasteiger partial charge is 0.313 e. The maximum absolute atomic E-state index is 13.1. The highest BCUT2D eigenvalue weighted by Gasteiger charge is 2.33. The lowest BCUT2D eigenvalue weighted by Gasteiger charge is -2.32. The van der Waals surface area contributed by atoms with E-state index >= 15 is 0 Å². The summed E-state index contributed by atoms with van der Waals surface area (Å²) >= 11 is 0. The summed E-state index contributed by atoms with van der Waals surface area (Å²) in [6.45, 7) is 8.12. The van der Waals surface area contributed by atoms with Gasteiger partial charge in [-0.3, -0.25) is 9.78 Å². The minimum absolute atomic E-state index is 0.0830. The molecule has 36 heavy (non-hydrogen) atoms. The standard InChI is InChI=1S/C27H31NO2.C5H5N/c1-27(2,3)30-26(29)23-14-15-24(28-16-6-7-17-28)25-21-11-10-18-8-4-5-9-19(18)20(21)12-13-22(23)25;1-2-4-6-5-3-1/h4-5,8-9,11-13,23H,6-7,10,14-17H2,1-3H3;1-5H. The molecule has 4 nitrogen and oxygen atoms in total. The van der Waals surface area contributed by atoms with Crippen LogP contribution in [-0.2, 0) is 16.0 Å². The van der Waals surface area contributed by atoms with Gasteiger partial charge in [0.15, 0.2) is 0 Å². The monoisotopic (exact) mass is 480 g/mol. The molecule has 0 bridgehead atoms. The number of ether oxygens (including phenoxy) is 1. The van der Waals surface area contributed by atoms with Crippen LogP contribution in [0.1, 0.15) is 63.5 Å². The highest BCUT2D eigenvalue weighted by atomic mass is 16.6. The number of rotatable bonds is 2. The van der Waals surface area contributed by atoms with Crippen LogP contribution in [0, 0.1) is 0 Å². The molecule has 0 saturated carbocycles. The molecule has 0 N–H and O–H groups in total. The molecule has 1 saturated heterocycles. The summed E-state index contributed by atoms with van der Waals surface area (Å²) in [6, 6.07) is 18.9. The molecule has 2 aliphatic carbocycles. The third kappa shape index (κ3) is 5.09. The first-order valence-electron chi connectivity index (χ1n) is 13.2. The van der Waals surface area contributed by atoms with Crippen molar-refractivity contribution in [3.63, 3.8) is 0 Å². The van der Waals surface area contributed by atoms with E-state index in [0.717, 1.165) is 37.9 Å². The van der Waals surface area contributed by atoms with Crippen LogP contribution in [0.5, 0.6) is 0 Å². The van der Waals surface area contributed by atoms with Crippen LogP contribution in [0.25, 0.3) is 22.9 Å². The third-order valence-corrected chi connectivity index (χ3v) is 7.19. The van der Waals surface area contributed by atoms with Crippen molar-refractivity contribution in [2.24, 2.45) is 0 Å². The SMILES string of the molecule is CC(C)(C)OC(=O)C1CCC(N2CCCC2)=c2c1ccc1c2=CCc2ccccc2-1.c1ccncc1. The van der Waals surface area contributed by atoms with Crippen LogP contribution in [0.4, 0.5) is 0 Å². The van der Waals surface area contributed by atoms with Gasteiger partial charge in [-0.05, 0) is 92.5 Å². The van der Waals surface area contributed by atoms with Crippen LogP contribution >= 0.6 is 0 Å². The van der Waals surface area contributed by atoms with Gasteiger partial charge in [-0.15, -0.1) is 0 Å². The lowest BCUT2D eigenvalue weighted by molar-refractivity contribution is -0.157. The molecule has 1 fully saturated rings. The zero-order chi connectivity index (χ0) is 25.1. The Balaban J connectivity index is 0.000000391. The Labute approximate surface area is 214 Å². The number of nitrogens with zero attached hydrogens (tertiary/aromatic N) is 2. The molecule has 1 aliphatic heterocycles. The minimum Gasteiger partial charge on any atom is -0.459 e. The van der Waals surface area contributed by atoms with Gasteiger partial charge in [0.1, 0.15) is 5.60 Å². The predicted molar refractivity (Wildman–Crippen MR) is 146 cm³/mol. The van der Waals surface area contributed by atoms with Crippen LogP contribution in [0.15, 0.2) is 67.0 Å². The number of likely N-dealkylation sites (tertiary alicyclic amines) is 1. The average molecular weight is 481 g/mol. The van der Waals surface area contributed by atoms with Crippen LogP contribution < -0.4 is 10.4 Å². The summed E-state index contributed by atoms with van der Waals surface area (Å²) in [5.74, 6) is -0.262. The van der Waals surface area contributed by atoms with E-state index in [2.05, 4.69) is 52.4 Å². The number of benzene rings is 2. The molecule has 0 radical (unpaired) electrons. The Bertz CT molecular complexity index is 1320. The maximum atomic E-state index is 13.1. The van der Waals surface area contributed by atoms with Gasteiger partial charge in [-0.2, -0.15) is 0 Å². The largest absolute Gasteiger partial charge is 0.459 e. The van der Waals surface area contributed by atoms with Gasteiger partial charge >= 0.3 is 5.97 Å². The fourth-order valence-corrected chi connectivity index (χ4v) is 5.66. The van der Waals surface area contributed by atoms with Crippen molar-refractivity contribution in [1.82, 2.24) is 9.88 Å². The van der Waals surface area contributed by atoms with Crippen molar-refractivity contribution in [3.8, 4) is 11.1 Å². The van der Waals surface area contributed by atoms with Gasteiger partial charge < -0.3 is 9.64 Å². The van der Waals surface area contributed by atoms with Crippen molar-refractivity contribution in [2.75, 3.05) is 13.1 Å². The van der Waals surface area contributed by atoms with Crippen LogP contribution in [0.2, 0.25) is 0 Å². The van der Waals surface area contributed by atoms with Crippen molar-refractivity contribution in [1.29, 1.82) is 0 Å². The third-order valence-electron chi connectivity index (χ3n) is 7.19. The molecular formula is C32H36N2O2. The lowest BCUT2D eigenvalue weighted by Crippen LogP contribution is -2.43. The first kappa shape index (κ1) is 24.3. The summed E-state index contributed by atoms with van der Waals surface area (Å²) in [5.41, 5.74) is 6.15. The molecule has 1 atom stereocenters. The molecular weight excluding hydrogens is 444 g/mol. The van der Waals surface area contributed by atoms with Crippen molar-refractivity contribution in [2.45, 2.75) is 64.4 Å². The number of carbonyl (C=O) groups is 1. The fraction of sp³-hybridized carbons (Fsp3) is 0.375. The molecule has 0 spiro atoms. The Hall–Kier alpha value is -3.40. The van der Waals surface area contributed by atoms with E-state index < -0.39 is 5.60 Å². The van der Waals surface area contributed by atoms with E-state index in [1.807, 2.05) is 39.0 Å². The number of aromatic nitrogens is 1. The number of pyridine rings is 1. The second-order valence-corrected chi connectivity index (χ2v) is 10.8. The molecule has 0 amide bonds. The van der Waals surface area contributed by atoms with E-state index in [1.165, 1.54) is 45.7 Å². The molecule has 3 aromatic rings. The van der Waals surface area contributed by atoms with Crippen LogP contribution in [-0.4, -0.2) is 34.5 Å². The predicted octanol–water partition coefficient (Wildman–Crippen LogP) is 5.19. The van der Waals surface area contributed by atoms with Crippen molar-refractivity contribution >= 4 is 17.7 Å². The minimum atomic E-state index is -0.463. The molecule has 2 aromatic carbocycles. The first-order chi connectivity index (χ1) is 17.4. The van der Waals surface area contributed by atoms with E-state index in [1.54, 1.807) is 12.4 Å². The molecule has 1 aromatic heterocycles. The summed E-state index contributed by atoms with van der Waals surface area (Å²) in [6.07, 6.45) is 11.1. The quantitative estimate of drug-likeness (QED) is 0.473. The van der Waals surface area contributed by atoms with Gasteiger partial charge in [0.25, 0.3) is 0 Å². The summed E-state index contributed by atoms with van der Waals surface area (Å²) in [7, 11) is 0. The number of carbonyl (C=O) groups excluding carboxylic acids is 1. The Morgan fingerprint density at radius 3 is 2.36 bits per heavy atom. The van der Waals surface area contributed by atoms with Gasteiger partial charge in [0.2, 0.25) is 0 Å². The first-order valence-corrected chi connectivity index (χ1v) is 13.2. The summed E-state index contributed by atoms with van der Waals surface area (Å²) in [5, 5.41) is 2.63. The topological polar surface area (TPSA) is 42.4 Å². The normalized spacial score (nSPS) is 18.1. The van der Waals surface area contributed by atoms with E-state index in [0.29, 0.717) is 0 Å². The molecule has 3 aliphatic rings. The van der Waals surface area contributed by atoms with E-state index in [4.69, 9.17) is 4.74 Å². The Morgan fingerprint density at radius 2 is 1.69 bits per heavy atom. The van der Waals surface area contributed by atoms with Crippen molar-refractivity contribution in [3.05, 3.63) is 88.6 Å². The van der Waals surface area contributed by atoms with Gasteiger partial charge in [-0.1, -0.05) is 48.5 Å². The lowest BCUT2D eigenvalue weighted by atomic mass is 9.81. The maximum Gasteiger partial charge on any atom is 0.313 e. The summed E-state index contributed by atoms with van der Waals surface area (Å²) < 4.78 is 5.82. The second kappa shape index (κ2) is 10.3. The van der Waals surface area contributed by atoms with Gasteiger partial charge in [0.05, 0.1) is 5.92 Å². The fourth-order valence-electron chi connectivity index (χ4n) is 5.66. The summed E-state index contributed by atoms with van der Waals surface area (Å²) in [4.78, 5) is 19.5. The molecule has 4 heteroatoms. The van der Waals surface area contributed by atoms with Gasteiger partial charge in [-0.25, -0.2) is 0 Å². The van der Waals surface area contributed by atoms with Gasteiger partial charge in [0, 0.05) is 36.4 Å². The zero-order valence-corrected chi connectivity index (χ0v) is 21.7. The molecule has 6 rings (SSSR count). The molecule has 186 valence electrons. The number of fused-ring (bicyclic) bond motifs is 5. The Kier molecular flexibility index (Phi) is 6.95. The second-order valence-electron chi connectivity index (χ2n) is 10.8. The number of hydrogen-bond acceptors (Lipinski definition) is 4. The number of hydrogen-bond donors (Lipinski definition) is 0. The zero-order valence-electron chi connectivity index (χ0n) is 21.7. The van der Waals surface area contributed by atoms with Crippen molar-refractivity contribution < 1.29 is 9.53 Å². The highest BCUT2D eigenvalue weighted by molar-refractivity contribution is 5.82. The van der Waals surface area contributed by atoms with E-state index in [9.17, 15) is 4.79 Å². The molecule has 2 heterocycles. The highest BCUT2D eigenvalue weighted by Crippen LogP contribution is 2.33. The number of esters is 1. The van der Waals surface area contributed by atoms with Crippen LogP contribution in [0.3, 0.4) is 0 Å². The Morgan fingerprint density at radius 1 is 0.944 bits per heavy atom.